The maximum absolute atomic E-state index is 13.6. The van der Waals surface area contributed by atoms with Crippen molar-refractivity contribution in [1.82, 2.24) is 0 Å². The Morgan fingerprint density at radius 3 is 1.11 bits per heavy atom. The Labute approximate surface area is 638 Å². The van der Waals surface area contributed by atoms with Gasteiger partial charge in [-0.25, -0.2) is 17.2 Å². The second-order valence-corrected chi connectivity index (χ2v) is 30.2. The Morgan fingerprint density at radius 2 is 0.679 bits per heavy atom. The van der Waals surface area contributed by atoms with Gasteiger partial charge in [0.05, 0.1) is 50.2 Å². The Bertz CT molecular complexity index is 5340. The Kier molecular flexibility index (Phi) is 23.3. The summed E-state index contributed by atoms with van der Waals surface area (Å²) in [5.74, 6) is -1.58. The van der Waals surface area contributed by atoms with E-state index in [0.29, 0.717) is 99.6 Å². The summed E-state index contributed by atoms with van der Waals surface area (Å²) in [7, 11) is -5.35. The first-order chi connectivity index (χ1) is 52.8. The van der Waals surface area contributed by atoms with Gasteiger partial charge in [-0.05, 0) is 201 Å². The zero-order chi connectivity index (χ0) is 80.4. The van der Waals surface area contributed by atoms with Crippen molar-refractivity contribution in [3.63, 3.8) is 0 Å². The third kappa shape index (κ3) is 19.3. The number of rotatable bonds is 6. The van der Waals surface area contributed by atoms with Gasteiger partial charge in [-0.15, -0.1) is 44.1 Å². The molecule has 6 aliphatic heterocycles. The van der Waals surface area contributed by atoms with Crippen molar-refractivity contribution in [1.29, 1.82) is 0 Å². The van der Waals surface area contributed by atoms with Crippen LogP contribution in [-0.4, -0.2) is 67.0 Å². The average Bonchev–Trinajstić information content (AvgIpc) is 1.09. The van der Waals surface area contributed by atoms with Gasteiger partial charge in [-0.1, -0.05) is 72.8 Å². The molecular weight excluding hydrogens is 1580 g/mol. The minimum absolute atomic E-state index is 0.00515. The summed E-state index contributed by atoms with van der Waals surface area (Å²) in [4.78, 5) is 58.5. The van der Waals surface area contributed by atoms with Gasteiger partial charge in [0.25, 0.3) is 9.84 Å². The van der Waals surface area contributed by atoms with Crippen LogP contribution in [0.5, 0.6) is 11.5 Å². The number of hydrogen-bond donors (Lipinski definition) is 5. The highest BCUT2D eigenvalue weighted by Crippen LogP contribution is 2.46. The summed E-state index contributed by atoms with van der Waals surface area (Å²) in [5.41, 5.74) is 3.33. The fraction of sp³-hybridized carbons (Fsp3) is 0.167. The van der Waals surface area contributed by atoms with Crippen molar-refractivity contribution in [2.75, 3.05) is 43.8 Å². The van der Waals surface area contributed by atoms with Crippen LogP contribution in [0.1, 0.15) is 47.1 Å². The molecular formula is C78H53F16N5O9S4. The van der Waals surface area contributed by atoms with E-state index in [-0.39, 0.29) is 46.8 Å². The minimum Gasteiger partial charge on any atom is -0.395 e. The van der Waals surface area contributed by atoms with E-state index in [1.54, 1.807) is 84.6 Å². The van der Waals surface area contributed by atoms with Crippen molar-refractivity contribution >= 4 is 103 Å². The smallest absolute Gasteiger partial charge is 0.395 e. The van der Waals surface area contributed by atoms with Crippen molar-refractivity contribution in [3.05, 3.63) is 234 Å². The maximum atomic E-state index is 13.6. The number of fused-ring (bicyclic) bond motifs is 6. The number of carbonyl (C=O) groups excluding carboxylic acids is 5. The van der Waals surface area contributed by atoms with Gasteiger partial charge >= 0.3 is 30.3 Å². The SMILES string of the molecule is O=C1CCSc2cc(-c3ccc(C(F)(F)F)cc3)ccc2N1.O=C1CCc2cc(-c3ccc(C(F)(F)F)c(F)c3)ccc2N1.O=C1CCc2cc(-c3ccc4c(c3)OC(F)(F)O4)ccc2N1.O=C1CSc2cc(-c3ccc(C(F)(F)F)c(F)c3)ccc2N1.O=C1CSc2cc(-c3ccc(S(=O)(=O)C(F)(F)F)cc3)ccc2N1. The Balaban J connectivity index is 0.000000130. The molecule has 5 N–H and O–H groups in total. The van der Waals surface area contributed by atoms with Gasteiger partial charge in [-0.3, -0.25) is 24.0 Å². The molecule has 0 aromatic heterocycles. The number of alkyl halides is 14. The topological polar surface area (TPSA) is 198 Å². The summed E-state index contributed by atoms with van der Waals surface area (Å²) in [6.45, 7) is 0. The molecule has 5 amide bonds. The van der Waals surface area contributed by atoms with Crippen LogP contribution in [0.3, 0.4) is 0 Å². The van der Waals surface area contributed by atoms with E-state index >= 15 is 0 Å². The standard InChI is InChI=1S/C16H11F4NO.C16H12F3NOS.C16H11F2NO3.C15H9F4NOS.C15H10F3NO3S2/c17-13-8-10(1-4-12(13)16(18,19)20)9-2-5-14-11(7-9)3-6-15(22)21-14;17-16(18,19)12-4-1-10(2-5-12)11-3-6-13-14(9-11)22-8-7-15(21)20-13;17-16(18)21-13-5-2-10(8-14(13)22-16)9-1-4-12-11(7-9)3-6-15(20)19-12;16-11-5-8(1-3-10(11)15(17,18)19)9-2-4-12-13(6-9)22-7-14(21)20-12;16-15(17,18)24(21,22)11-4-1-9(2-5-11)10-3-6-12-13(7-10)23-8-14(20)19-12/h1-2,4-5,7-8H,3,6H2,(H,21,22);1-6,9H,7-8H2,(H,20,21);1-2,4-5,7-8H,3,6H2,(H,19,20);1-6H,7H2,(H,20,21);1-7H,8H2,(H,19,20). The molecule has 0 fully saturated rings. The average molecular weight is 1640 g/mol. The van der Waals surface area contributed by atoms with Crippen LogP contribution in [-0.2, 0) is 65.2 Å². The fourth-order valence-corrected chi connectivity index (χ4v) is 15.3. The molecule has 580 valence electrons. The summed E-state index contributed by atoms with van der Waals surface area (Å²) in [6.07, 6.45) is -14.9. The first-order valence-corrected chi connectivity index (χ1v) is 37.5. The third-order valence-electron chi connectivity index (χ3n) is 17.4. The van der Waals surface area contributed by atoms with E-state index < -0.39 is 73.4 Å². The number of thioether (sulfide) groups is 3. The van der Waals surface area contributed by atoms with Crippen LogP contribution in [0, 0.1) is 11.6 Å². The second kappa shape index (κ2) is 32.4. The molecule has 6 heterocycles. The summed E-state index contributed by atoms with van der Waals surface area (Å²) in [5, 5.41) is 13.8. The molecule has 0 atom stereocenters. The van der Waals surface area contributed by atoms with Crippen LogP contribution in [0.15, 0.2) is 214 Å². The first kappa shape index (κ1) is 80.5. The van der Waals surface area contributed by atoms with E-state index in [4.69, 9.17) is 0 Å². The van der Waals surface area contributed by atoms with Crippen molar-refractivity contribution in [2.24, 2.45) is 0 Å². The lowest BCUT2D eigenvalue weighted by molar-refractivity contribution is -0.286. The molecule has 14 nitrogen and oxygen atoms in total. The molecule has 112 heavy (non-hydrogen) atoms. The van der Waals surface area contributed by atoms with E-state index in [1.807, 2.05) is 24.3 Å². The lowest BCUT2D eigenvalue weighted by Gasteiger charge is -2.18. The van der Waals surface area contributed by atoms with Gasteiger partial charge in [-0.2, -0.15) is 52.7 Å². The molecule has 0 saturated carbocycles. The van der Waals surface area contributed by atoms with Crippen LogP contribution in [0.4, 0.5) is 98.7 Å². The second-order valence-electron chi connectivity index (χ2n) is 25.1. The molecule has 10 aromatic rings. The monoisotopic (exact) mass is 1640 g/mol. The highest BCUT2D eigenvalue weighted by atomic mass is 32.2. The van der Waals surface area contributed by atoms with E-state index in [1.165, 1.54) is 72.1 Å². The lowest BCUT2D eigenvalue weighted by Crippen LogP contribution is -2.25. The fourth-order valence-electron chi connectivity index (χ4n) is 11.8. The molecule has 34 heteroatoms. The highest BCUT2D eigenvalue weighted by Gasteiger charge is 2.47. The van der Waals surface area contributed by atoms with Crippen LogP contribution < -0.4 is 36.1 Å². The molecule has 6 aliphatic rings. The van der Waals surface area contributed by atoms with Crippen LogP contribution in [0.25, 0.3) is 55.6 Å². The summed E-state index contributed by atoms with van der Waals surface area (Å²) < 4.78 is 236. The van der Waals surface area contributed by atoms with Crippen molar-refractivity contribution in [3.8, 4) is 67.1 Å². The number of amides is 5. The number of benzene rings is 10. The zero-order valence-electron chi connectivity index (χ0n) is 57.0. The van der Waals surface area contributed by atoms with Gasteiger partial charge in [0.2, 0.25) is 29.5 Å². The number of hydrogen-bond acceptors (Lipinski definition) is 12. The molecule has 0 radical (unpaired) electrons. The van der Waals surface area contributed by atoms with Gasteiger partial charge in [0, 0.05) is 51.1 Å². The van der Waals surface area contributed by atoms with Gasteiger partial charge in [0.15, 0.2) is 11.5 Å². The first-order valence-electron chi connectivity index (χ1n) is 33.1. The predicted molar refractivity (Wildman–Crippen MR) is 390 cm³/mol. The number of anilines is 5. The van der Waals surface area contributed by atoms with Crippen molar-refractivity contribution in [2.45, 2.75) is 82.0 Å². The quantitative estimate of drug-likeness (QED) is 0.0989. The number of ether oxygens (including phenoxy) is 2. The predicted octanol–water partition coefficient (Wildman–Crippen LogP) is 21.0. The third-order valence-corrected chi connectivity index (χ3v) is 22.0. The Morgan fingerprint density at radius 1 is 0.339 bits per heavy atom. The van der Waals surface area contributed by atoms with Crippen LogP contribution >= 0.6 is 35.3 Å². The normalized spacial score (nSPS) is 15.3. The number of aryl methyl sites for hydroxylation is 2. The molecule has 0 saturated heterocycles. The number of carbonyl (C=O) groups is 5. The number of halogens is 16. The number of nitrogens with one attached hydrogen (secondary N) is 5. The van der Waals surface area contributed by atoms with Crippen LogP contribution in [0.2, 0.25) is 0 Å². The Hall–Kier alpha value is -11.0. The minimum atomic E-state index is -5.35. The van der Waals surface area contributed by atoms with Gasteiger partial charge in [0.1, 0.15) is 11.6 Å². The molecule has 0 spiro atoms. The van der Waals surface area contributed by atoms with E-state index in [2.05, 4.69) is 36.1 Å². The van der Waals surface area contributed by atoms with Crippen molar-refractivity contribution < 1.29 is 112 Å². The zero-order valence-corrected chi connectivity index (χ0v) is 60.3. The highest BCUT2D eigenvalue weighted by molar-refractivity contribution is 8.00. The lowest BCUT2D eigenvalue weighted by atomic mass is 9.96. The van der Waals surface area contributed by atoms with E-state index in [0.717, 1.165) is 102 Å². The molecule has 16 rings (SSSR count). The molecule has 0 unspecified atom stereocenters. The maximum Gasteiger partial charge on any atom is 0.586 e. The largest absolute Gasteiger partial charge is 0.586 e. The summed E-state index contributed by atoms with van der Waals surface area (Å²) >= 11 is 4.26. The molecule has 0 bridgehead atoms. The van der Waals surface area contributed by atoms with E-state index in [9.17, 15) is 103 Å². The molecule has 0 aliphatic carbocycles. The van der Waals surface area contributed by atoms with Gasteiger partial charge < -0.3 is 36.1 Å². The molecule has 10 aromatic carbocycles. The number of sulfone groups is 1. The summed E-state index contributed by atoms with van der Waals surface area (Å²) in [6, 6.07) is 46.4.